The van der Waals surface area contributed by atoms with Crippen LogP contribution in [-0.4, -0.2) is 50.2 Å². The van der Waals surface area contributed by atoms with Crippen LogP contribution in [0.15, 0.2) is 51.7 Å². The van der Waals surface area contributed by atoms with Gasteiger partial charge in [0.1, 0.15) is 18.7 Å². The lowest BCUT2D eigenvalue weighted by Gasteiger charge is -2.27. The molecule has 0 aliphatic carbocycles. The average molecular weight is 474 g/mol. The third-order valence-corrected chi connectivity index (χ3v) is 7.00. The van der Waals surface area contributed by atoms with Crippen LogP contribution < -0.4 is 10.3 Å². The molecule has 0 bridgehead atoms. The molecule has 2 aliphatic heterocycles. The van der Waals surface area contributed by atoms with Crippen molar-refractivity contribution in [3.8, 4) is 0 Å². The van der Waals surface area contributed by atoms with Crippen molar-refractivity contribution in [2.75, 3.05) is 39.4 Å². The molecule has 0 saturated carbocycles. The minimum absolute atomic E-state index is 0.114. The highest BCUT2D eigenvalue weighted by Gasteiger charge is 2.42. The average Bonchev–Trinajstić information content (AvgIpc) is 3.09. The lowest BCUT2D eigenvalue weighted by molar-refractivity contribution is -0.908. The molecule has 3 heterocycles. The molecule has 1 N–H and O–H groups in total. The summed E-state index contributed by atoms with van der Waals surface area (Å²) in [6.45, 7) is 4.90. The number of para-hydroxylation sites is 1. The number of morpholine rings is 1. The number of nitrogens with zero attached hydrogens (tertiary/aromatic N) is 1. The lowest BCUT2D eigenvalue weighted by Crippen LogP contribution is -3.14. The molecule has 32 heavy (non-hydrogen) atoms. The molecule has 5 rings (SSSR count). The van der Waals surface area contributed by atoms with E-state index in [2.05, 4.69) is 0 Å². The SMILES string of the molecule is O=C1c2oc3ccccc3c(=O)c2[C@@H](c2ccc(Cl)c(Cl)c2)N1CCC[NH+]1CCOCC1. The highest BCUT2D eigenvalue weighted by Crippen LogP contribution is 2.39. The number of rotatable bonds is 5. The fourth-order valence-electron chi connectivity index (χ4n) is 4.64. The summed E-state index contributed by atoms with van der Waals surface area (Å²) in [6, 6.07) is 11.7. The van der Waals surface area contributed by atoms with Crippen molar-refractivity contribution in [3.05, 3.63) is 79.6 Å². The molecule has 0 spiro atoms. The maximum Gasteiger partial charge on any atom is 0.290 e. The molecule has 0 unspecified atom stereocenters. The summed E-state index contributed by atoms with van der Waals surface area (Å²) in [7, 11) is 0. The first kappa shape index (κ1) is 21.5. The van der Waals surface area contributed by atoms with Crippen LogP contribution in [0.2, 0.25) is 10.0 Å². The summed E-state index contributed by atoms with van der Waals surface area (Å²) in [5.74, 6) is -0.153. The van der Waals surface area contributed by atoms with Gasteiger partial charge in [0.2, 0.25) is 5.76 Å². The van der Waals surface area contributed by atoms with Crippen molar-refractivity contribution < 1.29 is 18.8 Å². The van der Waals surface area contributed by atoms with Crippen molar-refractivity contribution in [1.82, 2.24) is 4.90 Å². The molecular formula is C24H23Cl2N2O4+. The number of carbonyl (C=O) groups is 1. The van der Waals surface area contributed by atoms with E-state index in [1.54, 1.807) is 41.3 Å². The molecule has 2 aliphatic rings. The van der Waals surface area contributed by atoms with Crippen LogP contribution in [0.25, 0.3) is 11.0 Å². The zero-order valence-corrected chi connectivity index (χ0v) is 18.9. The Bertz CT molecular complexity index is 1240. The Hall–Kier alpha value is -2.38. The van der Waals surface area contributed by atoms with Gasteiger partial charge < -0.3 is 19.0 Å². The third-order valence-electron chi connectivity index (χ3n) is 6.26. The molecule has 1 amide bonds. The molecule has 8 heteroatoms. The van der Waals surface area contributed by atoms with Crippen LogP contribution >= 0.6 is 23.2 Å². The molecule has 2 aromatic carbocycles. The number of quaternary nitrogens is 1. The Morgan fingerprint density at radius 2 is 1.81 bits per heavy atom. The monoisotopic (exact) mass is 473 g/mol. The largest absolute Gasteiger partial charge is 0.450 e. The van der Waals surface area contributed by atoms with E-state index in [0.29, 0.717) is 33.1 Å². The molecule has 1 saturated heterocycles. The van der Waals surface area contributed by atoms with E-state index in [4.69, 9.17) is 32.4 Å². The van der Waals surface area contributed by atoms with Gasteiger partial charge >= 0.3 is 0 Å². The molecule has 1 atom stereocenters. The summed E-state index contributed by atoms with van der Waals surface area (Å²) in [5.41, 5.74) is 1.34. The minimum atomic E-state index is -0.562. The maximum atomic E-state index is 13.5. The standard InChI is InChI=1S/C24H22Cl2N2O4/c25-17-7-6-15(14-18(17)26)21-20-22(29)16-4-1-2-5-19(16)32-23(20)24(30)28(21)9-3-8-27-10-12-31-13-11-27/h1-2,4-7,14,21H,3,8-13H2/p+1/t21-/m1/s1. The highest BCUT2D eigenvalue weighted by molar-refractivity contribution is 6.42. The first-order chi connectivity index (χ1) is 15.5. The number of fused-ring (bicyclic) bond motifs is 2. The van der Waals surface area contributed by atoms with Gasteiger partial charge in [0.25, 0.3) is 5.91 Å². The number of halogens is 2. The molecular weight excluding hydrogens is 451 g/mol. The van der Waals surface area contributed by atoms with Gasteiger partial charge in [0, 0.05) is 13.0 Å². The van der Waals surface area contributed by atoms with Gasteiger partial charge in [-0.3, -0.25) is 9.59 Å². The number of nitrogens with one attached hydrogen (secondary N) is 1. The fraction of sp³-hybridized carbons (Fsp3) is 0.333. The number of amides is 1. The minimum Gasteiger partial charge on any atom is -0.450 e. The maximum absolute atomic E-state index is 13.5. The van der Waals surface area contributed by atoms with E-state index in [9.17, 15) is 9.59 Å². The second-order valence-electron chi connectivity index (χ2n) is 8.21. The van der Waals surface area contributed by atoms with Gasteiger partial charge in [-0.1, -0.05) is 41.4 Å². The molecule has 1 aromatic heterocycles. The zero-order valence-electron chi connectivity index (χ0n) is 17.4. The Kier molecular flexibility index (Phi) is 5.95. The van der Waals surface area contributed by atoms with E-state index in [1.807, 2.05) is 6.07 Å². The van der Waals surface area contributed by atoms with Crippen LogP contribution in [-0.2, 0) is 4.74 Å². The number of benzene rings is 2. The molecule has 1 fully saturated rings. The van der Waals surface area contributed by atoms with E-state index in [-0.39, 0.29) is 17.1 Å². The van der Waals surface area contributed by atoms with Crippen molar-refractivity contribution in [1.29, 1.82) is 0 Å². The van der Waals surface area contributed by atoms with E-state index < -0.39 is 6.04 Å². The number of carbonyl (C=O) groups excluding carboxylic acids is 1. The van der Waals surface area contributed by atoms with Gasteiger partial charge in [0.15, 0.2) is 5.43 Å². The molecule has 166 valence electrons. The number of ether oxygens (including phenoxy) is 1. The van der Waals surface area contributed by atoms with Crippen LogP contribution in [0.1, 0.15) is 34.1 Å². The Balaban J connectivity index is 1.54. The molecule has 3 aromatic rings. The van der Waals surface area contributed by atoms with Crippen molar-refractivity contribution >= 4 is 40.1 Å². The summed E-state index contributed by atoms with van der Waals surface area (Å²) < 4.78 is 11.4. The first-order valence-corrected chi connectivity index (χ1v) is 11.5. The Morgan fingerprint density at radius 1 is 1.03 bits per heavy atom. The Labute approximate surface area is 195 Å². The third kappa shape index (κ3) is 3.82. The summed E-state index contributed by atoms with van der Waals surface area (Å²) in [5, 5.41) is 1.27. The topological polar surface area (TPSA) is 64.2 Å². The fourth-order valence-corrected chi connectivity index (χ4v) is 4.94. The van der Waals surface area contributed by atoms with Crippen LogP contribution in [0.5, 0.6) is 0 Å². The van der Waals surface area contributed by atoms with Gasteiger partial charge in [0.05, 0.1) is 46.8 Å². The number of hydrogen-bond donors (Lipinski definition) is 1. The van der Waals surface area contributed by atoms with Crippen molar-refractivity contribution in [2.45, 2.75) is 12.5 Å². The van der Waals surface area contributed by atoms with Gasteiger partial charge in [-0.05, 0) is 29.8 Å². The lowest BCUT2D eigenvalue weighted by atomic mass is 9.98. The van der Waals surface area contributed by atoms with Crippen molar-refractivity contribution in [2.24, 2.45) is 0 Å². The van der Waals surface area contributed by atoms with Gasteiger partial charge in [-0.2, -0.15) is 0 Å². The normalized spacial score (nSPS) is 19.0. The first-order valence-electron chi connectivity index (χ1n) is 10.8. The summed E-state index contributed by atoms with van der Waals surface area (Å²) in [6.07, 6.45) is 0.806. The number of hydrogen-bond acceptors (Lipinski definition) is 4. The Morgan fingerprint density at radius 3 is 2.59 bits per heavy atom. The quantitative estimate of drug-likeness (QED) is 0.618. The van der Waals surface area contributed by atoms with Gasteiger partial charge in [-0.25, -0.2) is 0 Å². The molecule has 0 radical (unpaired) electrons. The van der Waals surface area contributed by atoms with Crippen LogP contribution in [0, 0.1) is 0 Å². The van der Waals surface area contributed by atoms with Crippen LogP contribution in [0.4, 0.5) is 0 Å². The van der Waals surface area contributed by atoms with Crippen LogP contribution in [0.3, 0.4) is 0 Å². The predicted octanol–water partition coefficient (Wildman–Crippen LogP) is 2.95. The smallest absolute Gasteiger partial charge is 0.290 e. The highest BCUT2D eigenvalue weighted by atomic mass is 35.5. The summed E-state index contributed by atoms with van der Waals surface area (Å²) >= 11 is 12.4. The van der Waals surface area contributed by atoms with Crippen molar-refractivity contribution in [3.63, 3.8) is 0 Å². The van der Waals surface area contributed by atoms with E-state index in [1.165, 1.54) is 4.90 Å². The second-order valence-corrected chi connectivity index (χ2v) is 9.03. The van der Waals surface area contributed by atoms with E-state index >= 15 is 0 Å². The van der Waals surface area contributed by atoms with E-state index in [0.717, 1.165) is 44.8 Å². The summed E-state index contributed by atoms with van der Waals surface area (Å²) in [4.78, 5) is 30.1. The zero-order chi connectivity index (χ0) is 22.2. The molecule has 6 nitrogen and oxygen atoms in total. The van der Waals surface area contributed by atoms with Gasteiger partial charge in [-0.15, -0.1) is 0 Å². The predicted molar refractivity (Wildman–Crippen MR) is 123 cm³/mol. The second kappa shape index (κ2) is 8.87.